The number of hydrogen-bond donors (Lipinski definition) is 1. The lowest BCUT2D eigenvalue weighted by Gasteiger charge is -2.39. The topological polar surface area (TPSA) is 48.7 Å². The van der Waals surface area contributed by atoms with Crippen LogP contribution in [0, 0.1) is 17.8 Å². The number of unbranched alkanes of at least 4 members (excludes halogenated alkanes) is 1. The molecule has 7 heteroatoms. The van der Waals surface area contributed by atoms with Crippen LogP contribution in [0.25, 0.3) is 0 Å². The Morgan fingerprint density at radius 1 is 1.13 bits per heavy atom. The fraction of sp³-hybridized carbons (Fsp3) is 0.826. The lowest BCUT2D eigenvalue weighted by atomic mass is 9.92. The van der Waals surface area contributed by atoms with Gasteiger partial charge in [0.15, 0.2) is 5.96 Å². The van der Waals surface area contributed by atoms with E-state index in [-0.39, 0.29) is 24.0 Å². The molecule has 0 radical (unpaired) electrons. The Labute approximate surface area is 200 Å². The molecular weight excluding hydrogens is 487 g/mol. The number of rotatable bonds is 7. The Morgan fingerprint density at radius 3 is 2.57 bits per heavy atom. The normalized spacial score (nSPS) is 28.3. The van der Waals surface area contributed by atoms with Gasteiger partial charge in [0, 0.05) is 51.7 Å². The Hall–Kier alpha value is -0.830. The third-order valence-corrected chi connectivity index (χ3v) is 6.55. The van der Waals surface area contributed by atoms with E-state index in [9.17, 15) is 0 Å². The zero-order valence-corrected chi connectivity index (χ0v) is 21.8. The summed E-state index contributed by atoms with van der Waals surface area (Å²) >= 11 is 0. The second-order valence-electron chi connectivity index (χ2n) is 9.44. The predicted octanol–water partition coefficient (Wildman–Crippen LogP) is 4.11. The van der Waals surface area contributed by atoms with Gasteiger partial charge in [0.25, 0.3) is 0 Å². The molecular formula is C23H43IN6. The minimum atomic E-state index is 0. The van der Waals surface area contributed by atoms with E-state index in [0.29, 0.717) is 12.0 Å². The molecule has 0 bridgehead atoms. The van der Waals surface area contributed by atoms with Crippen LogP contribution in [0.15, 0.2) is 23.7 Å². The highest BCUT2D eigenvalue weighted by atomic mass is 127. The van der Waals surface area contributed by atoms with Crippen LogP contribution in [0.5, 0.6) is 0 Å². The van der Waals surface area contributed by atoms with Crippen molar-refractivity contribution < 1.29 is 0 Å². The summed E-state index contributed by atoms with van der Waals surface area (Å²) in [5.74, 6) is 3.45. The van der Waals surface area contributed by atoms with Gasteiger partial charge < -0.3 is 19.7 Å². The van der Waals surface area contributed by atoms with E-state index >= 15 is 0 Å². The van der Waals surface area contributed by atoms with Crippen LogP contribution in [0.1, 0.15) is 59.4 Å². The Morgan fingerprint density at radius 2 is 1.90 bits per heavy atom. The van der Waals surface area contributed by atoms with Crippen LogP contribution in [-0.4, -0.2) is 71.1 Å². The van der Waals surface area contributed by atoms with E-state index in [1.54, 1.807) is 0 Å². The first kappa shape index (κ1) is 25.4. The standard InChI is InChI=1S/C23H42N6.HI/c1-5-25-23(26-9-6-7-11-27-15-19(2)14-20(3)16-27)28-12-8-21(4)22(17-28)29-13-10-24-18-29;/h10,13,18-22H,5-9,11-12,14-17H2,1-4H3,(H,25,26);1H. The molecule has 0 saturated carbocycles. The number of piperidine rings is 2. The number of hydrogen-bond acceptors (Lipinski definition) is 3. The first-order valence-corrected chi connectivity index (χ1v) is 11.8. The van der Waals surface area contributed by atoms with Crippen LogP contribution in [0.3, 0.4) is 0 Å². The maximum atomic E-state index is 4.98. The monoisotopic (exact) mass is 530 g/mol. The molecule has 30 heavy (non-hydrogen) atoms. The highest BCUT2D eigenvalue weighted by Crippen LogP contribution is 2.27. The molecule has 6 nitrogen and oxygen atoms in total. The Bertz CT molecular complexity index is 609. The molecule has 4 atom stereocenters. The molecule has 1 aromatic heterocycles. The van der Waals surface area contributed by atoms with Gasteiger partial charge in [-0.15, -0.1) is 24.0 Å². The summed E-state index contributed by atoms with van der Waals surface area (Å²) in [4.78, 5) is 14.3. The van der Waals surface area contributed by atoms with Gasteiger partial charge in [0.2, 0.25) is 0 Å². The van der Waals surface area contributed by atoms with Gasteiger partial charge >= 0.3 is 0 Å². The number of aromatic nitrogens is 2. The zero-order chi connectivity index (χ0) is 20.6. The van der Waals surface area contributed by atoms with Crippen molar-refractivity contribution in [1.29, 1.82) is 0 Å². The van der Waals surface area contributed by atoms with E-state index < -0.39 is 0 Å². The van der Waals surface area contributed by atoms with E-state index in [4.69, 9.17) is 4.99 Å². The number of aliphatic imine (C=N–C) groups is 1. The van der Waals surface area contributed by atoms with Crippen LogP contribution in [0.2, 0.25) is 0 Å². The SMILES string of the molecule is CCNC(=NCCCCN1CC(C)CC(C)C1)N1CCC(C)C(n2ccnc2)C1.I. The van der Waals surface area contributed by atoms with Crippen LogP contribution in [0.4, 0.5) is 0 Å². The Kier molecular flexibility index (Phi) is 10.9. The number of halogens is 1. The van der Waals surface area contributed by atoms with Gasteiger partial charge in [0.1, 0.15) is 0 Å². The number of nitrogens with one attached hydrogen (secondary N) is 1. The van der Waals surface area contributed by atoms with Gasteiger partial charge in [-0.05, 0) is 56.9 Å². The average molecular weight is 531 g/mol. The van der Waals surface area contributed by atoms with E-state index in [2.05, 4.69) is 58.6 Å². The first-order valence-electron chi connectivity index (χ1n) is 11.8. The minimum Gasteiger partial charge on any atom is -0.357 e. The number of likely N-dealkylation sites (tertiary alicyclic amines) is 2. The van der Waals surface area contributed by atoms with E-state index in [0.717, 1.165) is 44.0 Å². The fourth-order valence-electron chi connectivity index (χ4n) is 5.13. The van der Waals surface area contributed by atoms with E-state index in [1.807, 2.05) is 12.5 Å². The maximum absolute atomic E-state index is 4.98. The van der Waals surface area contributed by atoms with Crippen LogP contribution >= 0.6 is 24.0 Å². The fourth-order valence-corrected chi connectivity index (χ4v) is 5.13. The van der Waals surface area contributed by atoms with Crippen molar-refractivity contribution in [1.82, 2.24) is 24.7 Å². The van der Waals surface area contributed by atoms with Crippen LogP contribution < -0.4 is 5.32 Å². The molecule has 2 fully saturated rings. The molecule has 2 aliphatic heterocycles. The molecule has 0 aromatic carbocycles. The summed E-state index contributed by atoms with van der Waals surface area (Å²) in [7, 11) is 0. The molecule has 4 unspecified atom stereocenters. The van der Waals surface area contributed by atoms with Crippen molar-refractivity contribution >= 4 is 29.9 Å². The maximum Gasteiger partial charge on any atom is 0.193 e. The molecule has 0 spiro atoms. The first-order chi connectivity index (χ1) is 14.1. The molecule has 1 aromatic rings. The van der Waals surface area contributed by atoms with E-state index in [1.165, 1.54) is 45.3 Å². The average Bonchev–Trinajstić information content (AvgIpc) is 3.21. The predicted molar refractivity (Wildman–Crippen MR) is 137 cm³/mol. The lowest BCUT2D eigenvalue weighted by Crippen LogP contribution is -2.49. The van der Waals surface area contributed by atoms with Gasteiger partial charge in [-0.2, -0.15) is 0 Å². The van der Waals surface area contributed by atoms with Crippen molar-refractivity contribution in [2.45, 2.75) is 59.4 Å². The molecule has 0 aliphatic carbocycles. The molecule has 3 rings (SSSR count). The van der Waals surface area contributed by atoms with Crippen molar-refractivity contribution in [2.24, 2.45) is 22.7 Å². The highest BCUT2D eigenvalue weighted by Gasteiger charge is 2.28. The van der Waals surface area contributed by atoms with Crippen molar-refractivity contribution in [3.63, 3.8) is 0 Å². The summed E-state index contributed by atoms with van der Waals surface area (Å²) in [5, 5.41) is 3.53. The summed E-state index contributed by atoms with van der Waals surface area (Å²) in [6, 6.07) is 0.471. The number of nitrogens with zero attached hydrogens (tertiary/aromatic N) is 5. The number of imidazole rings is 1. The van der Waals surface area contributed by atoms with Crippen molar-refractivity contribution in [3.05, 3.63) is 18.7 Å². The molecule has 2 saturated heterocycles. The molecule has 1 N–H and O–H groups in total. The van der Waals surface area contributed by atoms with Gasteiger partial charge in [0.05, 0.1) is 12.4 Å². The Balaban J connectivity index is 0.00000320. The summed E-state index contributed by atoms with van der Waals surface area (Å²) in [6.07, 6.45) is 10.9. The number of guanidine groups is 1. The second kappa shape index (κ2) is 12.9. The van der Waals surface area contributed by atoms with Crippen molar-refractivity contribution in [2.75, 3.05) is 45.8 Å². The molecule has 0 amide bonds. The third kappa shape index (κ3) is 7.39. The summed E-state index contributed by atoms with van der Waals surface area (Å²) < 4.78 is 2.26. The quantitative estimate of drug-likeness (QED) is 0.250. The summed E-state index contributed by atoms with van der Waals surface area (Å²) in [5.41, 5.74) is 0. The van der Waals surface area contributed by atoms with Gasteiger partial charge in [-0.25, -0.2) is 4.98 Å². The lowest BCUT2D eigenvalue weighted by molar-refractivity contribution is 0.139. The largest absolute Gasteiger partial charge is 0.357 e. The molecule has 2 aliphatic rings. The molecule has 3 heterocycles. The minimum absolute atomic E-state index is 0. The third-order valence-electron chi connectivity index (χ3n) is 6.55. The highest BCUT2D eigenvalue weighted by molar-refractivity contribution is 14.0. The van der Waals surface area contributed by atoms with Crippen molar-refractivity contribution in [3.8, 4) is 0 Å². The van der Waals surface area contributed by atoms with Gasteiger partial charge in [-0.1, -0.05) is 20.8 Å². The van der Waals surface area contributed by atoms with Gasteiger partial charge in [-0.3, -0.25) is 4.99 Å². The zero-order valence-electron chi connectivity index (χ0n) is 19.5. The second-order valence-corrected chi connectivity index (χ2v) is 9.44. The summed E-state index contributed by atoms with van der Waals surface area (Å²) in [6.45, 7) is 17.0. The van der Waals surface area contributed by atoms with Crippen LogP contribution in [-0.2, 0) is 0 Å². The smallest absolute Gasteiger partial charge is 0.193 e. The molecule has 172 valence electrons.